The van der Waals surface area contributed by atoms with E-state index in [4.69, 9.17) is 10.2 Å². The summed E-state index contributed by atoms with van der Waals surface area (Å²) in [5, 5.41) is 0. The Morgan fingerprint density at radius 3 is 2.76 bits per heavy atom. The fraction of sp³-hybridized carbons (Fsp3) is 0.714. The Kier molecular flexibility index (Phi) is 3.59. The Morgan fingerprint density at radius 2 is 2.24 bits per heavy atom. The third kappa shape index (κ3) is 3.11. The number of nitrogens with zero attached hydrogens (tertiary/aromatic N) is 1. The molecule has 3 heteroatoms. The van der Waals surface area contributed by atoms with Crippen LogP contribution < -0.4 is 5.73 Å². The highest BCUT2D eigenvalue weighted by Crippen LogP contribution is 2.34. The summed E-state index contributed by atoms with van der Waals surface area (Å²) in [5.74, 6) is 1.84. The topological polar surface area (TPSA) is 42.4 Å². The van der Waals surface area contributed by atoms with E-state index in [0.29, 0.717) is 12.0 Å². The van der Waals surface area contributed by atoms with Crippen LogP contribution in [0, 0.1) is 11.3 Å². The van der Waals surface area contributed by atoms with Gasteiger partial charge in [0.05, 0.1) is 12.8 Å². The molecule has 1 fully saturated rings. The number of rotatable bonds is 3. The number of furan rings is 1. The Balaban J connectivity index is 1.89. The van der Waals surface area contributed by atoms with Crippen LogP contribution in [0.2, 0.25) is 0 Å². The van der Waals surface area contributed by atoms with Crippen molar-refractivity contribution in [3.05, 3.63) is 23.7 Å². The Bertz CT molecular complexity index is 365. The van der Waals surface area contributed by atoms with Gasteiger partial charge >= 0.3 is 0 Å². The average Bonchev–Trinajstić information content (AvgIpc) is 2.86. The number of hydrogen-bond donors (Lipinski definition) is 1. The molecule has 1 unspecified atom stereocenters. The maximum Gasteiger partial charge on any atom is 0.118 e. The highest BCUT2D eigenvalue weighted by atomic mass is 16.3. The first kappa shape index (κ1) is 12.7. The molecule has 1 aromatic rings. The van der Waals surface area contributed by atoms with Crippen LogP contribution in [0.1, 0.15) is 38.5 Å². The third-order valence-electron chi connectivity index (χ3n) is 3.82. The molecule has 3 nitrogen and oxygen atoms in total. The molecule has 0 bridgehead atoms. The normalized spacial score (nSPS) is 22.2. The summed E-state index contributed by atoms with van der Waals surface area (Å²) in [5.41, 5.74) is 7.08. The van der Waals surface area contributed by atoms with Gasteiger partial charge in [-0.2, -0.15) is 0 Å². The lowest BCUT2D eigenvalue weighted by Gasteiger charge is -2.26. The van der Waals surface area contributed by atoms with E-state index in [1.807, 2.05) is 0 Å². The minimum Gasteiger partial charge on any atom is -0.468 e. The first-order valence-corrected chi connectivity index (χ1v) is 6.48. The number of likely N-dealkylation sites (tertiary alicyclic amines) is 1. The molecule has 0 spiro atoms. The van der Waals surface area contributed by atoms with Gasteiger partial charge in [0.15, 0.2) is 0 Å². The van der Waals surface area contributed by atoms with Gasteiger partial charge in [0.2, 0.25) is 0 Å². The summed E-state index contributed by atoms with van der Waals surface area (Å²) in [6.07, 6.45) is 3.07. The summed E-state index contributed by atoms with van der Waals surface area (Å²) >= 11 is 0. The second-order valence-corrected chi connectivity index (χ2v) is 6.21. The lowest BCUT2D eigenvalue weighted by molar-refractivity contribution is 0.219. The molecule has 96 valence electrons. The second-order valence-electron chi connectivity index (χ2n) is 6.21. The molecule has 0 saturated carbocycles. The molecule has 17 heavy (non-hydrogen) atoms. The maximum absolute atomic E-state index is 5.58. The highest BCUT2D eigenvalue weighted by Gasteiger charge is 2.31. The monoisotopic (exact) mass is 236 g/mol. The molecule has 0 aliphatic carbocycles. The number of nitrogens with two attached hydrogens (primary N) is 1. The van der Waals surface area contributed by atoms with E-state index in [-0.39, 0.29) is 0 Å². The predicted molar refractivity (Wildman–Crippen MR) is 69.4 cm³/mol. The van der Waals surface area contributed by atoms with E-state index < -0.39 is 0 Å². The molecule has 1 atom stereocenters. The van der Waals surface area contributed by atoms with Crippen LogP contribution in [0.4, 0.5) is 0 Å². The Hall–Kier alpha value is -0.800. The van der Waals surface area contributed by atoms with E-state index in [9.17, 15) is 0 Å². The number of hydrogen-bond acceptors (Lipinski definition) is 3. The summed E-state index contributed by atoms with van der Waals surface area (Å²) in [7, 11) is 0. The van der Waals surface area contributed by atoms with E-state index in [1.54, 1.807) is 6.26 Å². The SMILES string of the molecule is CC(C)(C)C1CCN(Cc2cc(CN)co2)C1. The van der Waals surface area contributed by atoms with E-state index in [1.165, 1.54) is 19.5 Å². The lowest BCUT2D eigenvalue weighted by Crippen LogP contribution is -2.25. The fourth-order valence-corrected chi connectivity index (χ4v) is 2.52. The molecule has 2 heterocycles. The van der Waals surface area contributed by atoms with Crippen LogP contribution in [0.25, 0.3) is 0 Å². The van der Waals surface area contributed by atoms with E-state index >= 15 is 0 Å². The van der Waals surface area contributed by atoms with Crippen molar-refractivity contribution in [3.8, 4) is 0 Å². The Morgan fingerprint density at radius 1 is 1.47 bits per heavy atom. The van der Waals surface area contributed by atoms with Crippen molar-refractivity contribution in [1.29, 1.82) is 0 Å². The van der Waals surface area contributed by atoms with Gasteiger partial charge in [-0.25, -0.2) is 0 Å². The Labute approximate surface area is 104 Å². The molecule has 1 aliphatic rings. The zero-order valence-corrected chi connectivity index (χ0v) is 11.2. The van der Waals surface area contributed by atoms with Crippen LogP contribution >= 0.6 is 0 Å². The van der Waals surface area contributed by atoms with Gasteiger partial charge in [-0.15, -0.1) is 0 Å². The predicted octanol–water partition coefficient (Wildman–Crippen LogP) is 2.61. The van der Waals surface area contributed by atoms with Gasteiger partial charge in [-0.05, 0) is 30.4 Å². The van der Waals surface area contributed by atoms with Crippen LogP contribution in [-0.4, -0.2) is 18.0 Å². The van der Waals surface area contributed by atoms with E-state index in [0.717, 1.165) is 23.8 Å². The van der Waals surface area contributed by atoms with Crippen molar-refractivity contribution in [3.63, 3.8) is 0 Å². The summed E-state index contributed by atoms with van der Waals surface area (Å²) in [4.78, 5) is 2.48. The molecule has 2 N–H and O–H groups in total. The van der Waals surface area contributed by atoms with Crippen molar-refractivity contribution >= 4 is 0 Å². The van der Waals surface area contributed by atoms with Gasteiger partial charge in [-0.3, -0.25) is 4.90 Å². The van der Waals surface area contributed by atoms with Crippen molar-refractivity contribution in [2.45, 2.75) is 40.3 Å². The largest absolute Gasteiger partial charge is 0.468 e. The zero-order valence-electron chi connectivity index (χ0n) is 11.2. The summed E-state index contributed by atoms with van der Waals surface area (Å²) in [6.45, 7) is 10.9. The van der Waals surface area contributed by atoms with Crippen LogP contribution in [0.15, 0.2) is 16.7 Å². The second kappa shape index (κ2) is 4.83. The zero-order chi connectivity index (χ0) is 12.5. The van der Waals surface area contributed by atoms with Crippen LogP contribution in [0.3, 0.4) is 0 Å². The quantitative estimate of drug-likeness (QED) is 0.877. The molecular weight excluding hydrogens is 212 g/mol. The first-order chi connectivity index (χ1) is 7.99. The van der Waals surface area contributed by atoms with E-state index in [2.05, 4.69) is 31.7 Å². The molecule has 0 amide bonds. The van der Waals surface area contributed by atoms with Gasteiger partial charge in [0.1, 0.15) is 5.76 Å². The molecule has 1 saturated heterocycles. The molecule has 1 aliphatic heterocycles. The van der Waals surface area contributed by atoms with Crippen LogP contribution in [0.5, 0.6) is 0 Å². The highest BCUT2D eigenvalue weighted by molar-refractivity contribution is 5.12. The molecule has 0 aromatic carbocycles. The average molecular weight is 236 g/mol. The molecule has 0 radical (unpaired) electrons. The standard InChI is InChI=1S/C14H24N2O/c1-14(2,3)12-4-5-16(8-12)9-13-6-11(7-15)10-17-13/h6,10,12H,4-5,7-9,15H2,1-3H3. The lowest BCUT2D eigenvalue weighted by atomic mass is 9.80. The van der Waals surface area contributed by atoms with Gasteiger partial charge in [0, 0.05) is 18.7 Å². The maximum atomic E-state index is 5.58. The minimum atomic E-state index is 0.417. The third-order valence-corrected chi connectivity index (χ3v) is 3.82. The van der Waals surface area contributed by atoms with Gasteiger partial charge in [0.25, 0.3) is 0 Å². The smallest absolute Gasteiger partial charge is 0.118 e. The molecule has 2 rings (SSSR count). The van der Waals surface area contributed by atoms with Crippen molar-refractivity contribution in [2.75, 3.05) is 13.1 Å². The van der Waals surface area contributed by atoms with Crippen molar-refractivity contribution in [1.82, 2.24) is 4.90 Å². The van der Waals surface area contributed by atoms with Gasteiger partial charge in [-0.1, -0.05) is 20.8 Å². The van der Waals surface area contributed by atoms with Crippen LogP contribution in [-0.2, 0) is 13.1 Å². The summed E-state index contributed by atoms with van der Waals surface area (Å²) in [6, 6.07) is 2.07. The minimum absolute atomic E-state index is 0.417. The summed E-state index contributed by atoms with van der Waals surface area (Å²) < 4.78 is 5.52. The van der Waals surface area contributed by atoms with Gasteiger partial charge < -0.3 is 10.2 Å². The van der Waals surface area contributed by atoms with Crippen molar-refractivity contribution in [2.24, 2.45) is 17.1 Å². The fourth-order valence-electron chi connectivity index (χ4n) is 2.52. The first-order valence-electron chi connectivity index (χ1n) is 6.48. The molecule has 1 aromatic heterocycles. The molecular formula is C14H24N2O. The van der Waals surface area contributed by atoms with Crippen molar-refractivity contribution < 1.29 is 4.42 Å².